The van der Waals surface area contributed by atoms with Gasteiger partial charge in [-0.25, -0.2) is 9.59 Å². The van der Waals surface area contributed by atoms with Crippen molar-refractivity contribution < 1.29 is 30.0 Å². The van der Waals surface area contributed by atoms with Crippen LogP contribution in [0.2, 0.25) is 0 Å². The monoisotopic (exact) mass is 328 g/mol. The topological polar surface area (TPSA) is 162 Å². The van der Waals surface area contributed by atoms with Crippen LogP contribution in [-0.4, -0.2) is 60.9 Å². The van der Waals surface area contributed by atoms with Crippen LogP contribution in [0.4, 0.5) is 0 Å². The standard InChI is InChI=1S/C13H16N2O8/c1-2-3-13(10(19)9(18)7(5-16)23-13)15-6(11(20)21)4-8(17)14-12(15)22/h2,4,7,9-10,16,18-19H,1,3,5H2,(H,20,21)(H,14,17,22)/t7-,9-,10-,13-/m1/s1. The van der Waals surface area contributed by atoms with Crippen molar-refractivity contribution in [3.63, 3.8) is 0 Å². The zero-order chi connectivity index (χ0) is 17.4. The third kappa shape index (κ3) is 2.61. The molecule has 2 rings (SSSR count). The smallest absolute Gasteiger partial charge is 0.352 e. The maximum atomic E-state index is 12.2. The molecule has 0 bridgehead atoms. The molecule has 23 heavy (non-hydrogen) atoms. The molecule has 1 aliphatic rings. The summed E-state index contributed by atoms with van der Waals surface area (Å²) < 4.78 is 5.96. The highest BCUT2D eigenvalue weighted by Crippen LogP contribution is 2.38. The third-order valence-electron chi connectivity index (χ3n) is 3.68. The molecule has 1 fully saturated rings. The largest absolute Gasteiger partial charge is 0.477 e. The molecule has 0 spiro atoms. The molecule has 10 nitrogen and oxygen atoms in total. The van der Waals surface area contributed by atoms with Gasteiger partial charge < -0.3 is 25.2 Å². The van der Waals surface area contributed by atoms with Gasteiger partial charge in [0.15, 0.2) is 5.72 Å². The number of nitrogens with zero attached hydrogens (tertiary/aromatic N) is 1. The van der Waals surface area contributed by atoms with Crippen molar-refractivity contribution in [2.45, 2.75) is 30.5 Å². The zero-order valence-corrected chi connectivity index (χ0v) is 11.9. The molecule has 1 aromatic heterocycles. The number of aliphatic hydroxyl groups excluding tert-OH is 3. The number of aromatic carboxylic acids is 1. The van der Waals surface area contributed by atoms with Crippen LogP contribution in [0, 0.1) is 0 Å². The minimum atomic E-state index is -2.02. The quantitative estimate of drug-likeness (QED) is 0.373. The van der Waals surface area contributed by atoms with E-state index in [2.05, 4.69) is 6.58 Å². The Morgan fingerprint density at radius 1 is 1.48 bits per heavy atom. The molecule has 4 atom stereocenters. The van der Waals surface area contributed by atoms with E-state index in [1.54, 1.807) is 0 Å². The Labute approximate surface area is 128 Å². The maximum absolute atomic E-state index is 12.2. The molecule has 0 amide bonds. The number of rotatable bonds is 5. The summed E-state index contributed by atoms with van der Waals surface area (Å²) in [5.74, 6) is -1.60. The summed E-state index contributed by atoms with van der Waals surface area (Å²) in [6.07, 6.45) is -3.56. The second-order valence-electron chi connectivity index (χ2n) is 5.08. The molecular weight excluding hydrogens is 312 g/mol. The van der Waals surface area contributed by atoms with Gasteiger partial charge in [-0.15, -0.1) is 6.58 Å². The van der Waals surface area contributed by atoms with Crippen molar-refractivity contribution in [2.75, 3.05) is 6.61 Å². The van der Waals surface area contributed by atoms with Crippen molar-refractivity contribution in [3.05, 3.63) is 45.3 Å². The molecule has 0 aliphatic carbocycles. The maximum Gasteiger partial charge on any atom is 0.352 e. The fourth-order valence-corrected chi connectivity index (χ4v) is 2.70. The SMILES string of the molecule is C=CC[C@@]1(n2c(C(=O)O)cc(=O)[nH]c2=O)O[C@H](CO)[C@@H](O)[C@H]1O. The lowest BCUT2D eigenvalue weighted by molar-refractivity contribution is -0.149. The Balaban J connectivity index is 2.78. The van der Waals surface area contributed by atoms with Crippen LogP contribution < -0.4 is 11.2 Å². The number of aliphatic hydroxyl groups is 3. The van der Waals surface area contributed by atoms with Gasteiger partial charge in [0.2, 0.25) is 0 Å². The highest BCUT2D eigenvalue weighted by Gasteiger charge is 2.56. The van der Waals surface area contributed by atoms with Gasteiger partial charge >= 0.3 is 11.7 Å². The van der Waals surface area contributed by atoms with Crippen molar-refractivity contribution in [2.24, 2.45) is 0 Å². The van der Waals surface area contributed by atoms with E-state index < -0.39 is 53.6 Å². The second-order valence-corrected chi connectivity index (χ2v) is 5.08. The first-order valence-corrected chi connectivity index (χ1v) is 6.64. The second kappa shape index (κ2) is 6.08. The van der Waals surface area contributed by atoms with E-state index in [0.29, 0.717) is 10.6 Å². The highest BCUT2D eigenvalue weighted by molar-refractivity contribution is 5.85. The van der Waals surface area contributed by atoms with Gasteiger partial charge in [-0.05, 0) is 0 Å². The Hall–Kier alpha value is -2.27. The number of aromatic nitrogens is 2. The summed E-state index contributed by atoms with van der Waals surface area (Å²) in [5, 5.41) is 38.7. The Morgan fingerprint density at radius 2 is 2.13 bits per heavy atom. The lowest BCUT2D eigenvalue weighted by Crippen LogP contribution is -2.53. The lowest BCUT2D eigenvalue weighted by atomic mass is 9.98. The molecule has 0 unspecified atom stereocenters. The Kier molecular flexibility index (Phi) is 4.52. The summed E-state index contributed by atoms with van der Waals surface area (Å²) in [7, 11) is 0. The van der Waals surface area contributed by atoms with Crippen LogP contribution in [-0.2, 0) is 10.5 Å². The fraction of sp³-hybridized carbons (Fsp3) is 0.462. The van der Waals surface area contributed by atoms with Gasteiger partial charge in [-0.2, -0.15) is 0 Å². The molecular formula is C13H16N2O8. The van der Waals surface area contributed by atoms with Crippen molar-refractivity contribution >= 4 is 5.97 Å². The van der Waals surface area contributed by atoms with E-state index in [1.807, 2.05) is 4.98 Å². The van der Waals surface area contributed by atoms with E-state index in [1.165, 1.54) is 6.08 Å². The first kappa shape index (κ1) is 17.1. The molecule has 0 radical (unpaired) electrons. The average Bonchev–Trinajstić information content (AvgIpc) is 2.72. The highest BCUT2D eigenvalue weighted by atomic mass is 16.6. The number of ether oxygens (including phenoxy) is 1. The van der Waals surface area contributed by atoms with Crippen LogP contribution >= 0.6 is 0 Å². The molecule has 5 N–H and O–H groups in total. The van der Waals surface area contributed by atoms with Gasteiger partial charge in [0.05, 0.1) is 6.61 Å². The predicted molar refractivity (Wildman–Crippen MR) is 75.0 cm³/mol. The number of hydrogen-bond acceptors (Lipinski definition) is 7. The summed E-state index contributed by atoms with van der Waals surface area (Å²) in [6.45, 7) is 2.79. The summed E-state index contributed by atoms with van der Waals surface area (Å²) in [6, 6.07) is 0.656. The normalized spacial score (nSPS) is 30.3. The number of carboxylic acids is 1. The number of H-pyrrole nitrogens is 1. The fourth-order valence-electron chi connectivity index (χ4n) is 2.70. The Morgan fingerprint density at radius 3 is 2.61 bits per heavy atom. The number of carboxylic acid groups (broad SMARTS) is 1. The van der Waals surface area contributed by atoms with Gasteiger partial charge in [0.1, 0.15) is 24.0 Å². The van der Waals surface area contributed by atoms with Crippen LogP contribution in [0.5, 0.6) is 0 Å². The average molecular weight is 328 g/mol. The number of nitrogens with one attached hydrogen (secondary N) is 1. The predicted octanol–water partition coefficient (Wildman–Crippen LogP) is -2.42. The van der Waals surface area contributed by atoms with E-state index in [0.717, 1.165) is 0 Å². The van der Waals surface area contributed by atoms with Gasteiger partial charge in [-0.1, -0.05) is 6.08 Å². The minimum absolute atomic E-state index is 0.256. The van der Waals surface area contributed by atoms with E-state index in [-0.39, 0.29) is 6.42 Å². The summed E-state index contributed by atoms with van der Waals surface area (Å²) in [5.41, 5.74) is -4.83. The molecule has 1 saturated heterocycles. The Bertz CT molecular complexity index is 738. The van der Waals surface area contributed by atoms with Gasteiger partial charge in [0, 0.05) is 12.5 Å². The number of hydrogen-bond donors (Lipinski definition) is 5. The molecule has 0 aromatic carbocycles. The molecule has 1 aliphatic heterocycles. The van der Waals surface area contributed by atoms with Crippen LogP contribution in [0.25, 0.3) is 0 Å². The molecule has 0 saturated carbocycles. The molecule has 2 heterocycles. The van der Waals surface area contributed by atoms with Crippen LogP contribution in [0.3, 0.4) is 0 Å². The van der Waals surface area contributed by atoms with E-state index in [4.69, 9.17) is 4.74 Å². The molecule has 10 heteroatoms. The van der Waals surface area contributed by atoms with Crippen molar-refractivity contribution in [1.82, 2.24) is 9.55 Å². The lowest BCUT2D eigenvalue weighted by Gasteiger charge is -2.33. The zero-order valence-electron chi connectivity index (χ0n) is 11.9. The summed E-state index contributed by atoms with van der Waals surface area (Å²) >= 11 is 0. The van der Waals surface area contributed by atoms with E-state index >= 15 is 0 Å². The van der Waals surface area contributed by atoms with Crippen molar-refractivity contribution in [1.29, 1.82) is 0 Å². The minimum Gasteiger partial charge on any atom is -0.477 e. The molecule has 126 valence electrons. The summed E-state index contributed by atoms with van der Waals surface area (Å²) in [4.78, 5) is 36.8. The molecule has 1 aromatic rings. The van der Waals surface area contributed by atoms with Gasteiger partial charge in [0.25, 0.3) is 5.56 Å². The van der Waals surface area contributed by atoms with Gasteiger partial charge in [-0.3, -0.25) is 14.3 Å². The number of aromatic amines is 1. The first-order valence-electron chi connectivity index (χ1n) is 6.64. The van der Waals surface area contributed by atoms with E-state index in [9.17, 15) is 34.8 Å². The first-order chi connectivity index (χ1) is 10.8. The van der Waals surface area contributed by atoms with Crippen molar-refractivity contribution in [3.8, 4) is 0 Å². The van der Waals surface area contributed by atoms with Crippen LogP contribution in [0.1, 0.15) is 16.9 Å². The third-order valence-corrected chi connectivity index (χ3v) is 3.68. The number of carbonyl (C=O) groups is 1. The van der Waals surface area contributed by atoms with Crippen LogP contribution in [0.15, 0.2) is 28.3 Å².